The molecule has 0 unspecified atom stereocenters. The molecule has 0 aliphatic heterocycles. The first kappa shape index (κ1) is 20.3. The summed E-state index contributed by atoms with van der Waals surface area (Å²) < 4.78 is 0. The van der Waals surface area contributed by atoms with E-state index in [-0.39, 0.29) is 11.8 Å². The number of rotatable bonds is 9. The normalized spacial score (nSPS) is 11.6. The molecule has 0 bridgehead atoms. The molecule has 2 aromatic rings. The number of benzene rings is 2. The van der Waals surface area contributed by atoms with Crippen molar-refractivity contribution in [1.29, 1.82) is 0 Å². The van der Waals surface area contributed by atoms with Gasteiger partial charge >= 0.3 is 0 Å². The fraction of sp³-hybridized carbons (Fsp3) is 0.300. The summed E-state index contributed by atoms with van der Waals surface area (Å²) in [5.74, 6) is 0.164. The summed E-state index contributed by atoms with van der Waals surface area (Å²) in [5, 5.41) is 2.86. The summed E-state index contributed by atoms with van der Waals surface area (Å²) in [6.07, 6.45) is 0.402. The van der Waals surface area contributed by atoms with Gasteiger partial charge in [0.25, 0.3) is 5.91 Å². The minimum absolute atomic E-state index is 0.181. The minimum atomic E-state index is -0.684. The minimum Gasteiger partial charge on any atom is -0.340 e. The topological polar surface area (TPSA) is 49.4 Å². The first-order chi connectivity index (χ1) is 12.7. The van der Waals surface area contributed by atoms with E-state index in [1.54, 1.807) is 29.2 Å². The monoisotopic (exact) mass is 392 g/mol. The lowest BCUT2D eigenvalue weighted by Crippen LogP contribution is -2.50. The maximum atomic E-state index is 13.0. The predicted octanol–water partition coefficient (Wildman–Crippen LogP) is 3.33. The Bertz CT molecular complexity index is 689. The Balaban J connectivity index is 2.20. The van der Waals surface area contributed by atoms with Crippen molar-refractivity contribution in [3.63, 3.8) is 0 Å². The van der Waals surface area contributed by atoms with E-state index >= 15 is 0 Å². The van der Waals surface area contributed by atoms with Crippen molar-refractivity contribution < 1.29 is 9.59 Å². The first-order valence-electron chi connectivity index (χ1n) is 8.46. The van der Waals surface area contributed by atoms with Crippen molar-refractivity contribution in [2.24, 2.45) is 0 Å². The number of nitrogens with one attached hydrogen (secondary N) is 1. The lowest BCUT2D eigenvalue weighted by atomic mass is 10.0. The third-order valence-electron chi connectivity index (χ3n) is 3.94. The number of nitrogens with zero attached hydrogens (tertiary/aromatic N) is 1. The van der Waals surface area contributed by atoms with Gasteiger partial charge in [0.2, 0.25) is 5.91 Å². The number of hydrogen-bond donors (Lipinski definition) is 1. The summed E-state index contributed by atoms with van der Waals surface area (Å²) in [6, 6.07) is 17.8. The zero-order chi connectivity index (χ0) is 18.8. The molecule has 2 aromatic carbocycles. The Morgan fingerprint density at radius 1 is 0.885 bits per heavy atom. The van der Waals surface area contributed by atoms with Crippen molar-refractivity contribution in [2.45, 2.75) is 12.5 Å². The van der Waals surface area contributed by atoms with Crippen molar-refractivity contribution in [3.8, 4) is 0 Å². The molecule has 138 valence electrons. The van der Waals surface area contributed by atoms with Gasteiger partial charge in [0.15, 0.2) is 0 Å². The van der Waals surface area contributed by atoms with Crippen LogP contribution in [0, 0.1) is 0 Å². The van der Waals surface area contributed by atoms with Gasteiger partial charge in [-0.25, -0.2) is 0 Å². The maximum Gasteiger partial charge on any atom is 0.251 e. The molecule has 0 aliphatic rings. The molecule has 26 heavy (non-hydrogen) atoms. The van der Waals surface area contributed by atoms with Gasteiger partial charge in [0.05, 0.1) is 0 Å². The Kier molecular flexibility index (Phi) is 8.45. The molecule has 4 nitrogen and oxygen atoms in total. The Morgan fingerprint density at radius 2 is 1.42 bits per heavy atom. The molecule has 1 atom stereocenters. The van der Waals surface area contributed by atoms with Gasteiger partial charge in [-0.05, 0) is 17.7 Å². The van der Waals surface area contributed by atoms with E-state index in [0.717, 1.165) is 5.56 Å². The standard InChI is InChI=1S/C20H22Cl2N2O2/c21-11-13-24(14-12-22)20(26)18(15-16-7-3-1-4-8-16)23-19(25)17-9-5-2-6-10-17/h1-10,18H,11-15H2,(H,23,25)/t18-/m0/s1. The van der Waals surface area contributed by atoms with Crippen molar-refractivity contribution in [2.75, 3.05) is 24.8 Å². The van der Waals surface area contributed by atoms with Crippen LogP contribution in [0.4, 0.5) is 0 Å². The molecule has 0 heterocycles. The summed E-state index contributed by atoms with van der Waals surface area (Å²) in [4.78, 5) is 27.1. The molecule has 0 spiro atoms. The molecular formula is C20H22Cl2N2O2. The summed E-state index contributed by atoms with van der Waals surface area (Å²) in [7, 11) is 0. The van der Waals surface area contributed by atoms with Crippen molar-refractivity contribution >= 4 is 35.0 Å². The van der Waals surface area contributed by atoms with Crippen LogP contribution in [0.15, 0.2) is 60.7 Å². The van der Waals surface area contributed by atoms with Gasteiger partial charge < -0.3 is 10.2 Å². The van der Waals surface area contributed by atoms with Crippen LogP contribution >= 0.6 is 23.2 Å². The van der Waals surface area contributed by atoms with Crippen LogP contribution in [0.1, 0.15) is 15.9 Å². The van der Waals surface area contributed by atoms with Gasteiger partial charge in [0.1, 0.15) is 6.04 Å². The average Bonchev–Trinajstić information content (AvgIpc) is 2.68. The first-order valence-corrected chi connectivity index (χ1v) is 9.53. The predicted molar refractivity (Wildman–Crippen MR) is 106 cm³/mol. The van der Waals surface area contributed by atoms with E-state index in [9.17, 15) is 9.59 Å². The quantitative estimate of drug-likeness (QED) is 0.665. The molecule has 2 amide bonds. The molecule has 0 saturated carbocycles. The highest BCUT2D eigenvalue weighted by Crippen LogP contribution is 2.09. The highest BCUT2D eigenvalue weighted by molar-refractivity contribution is 6.18. The number of carbonyl (C=O) groups excluding carboxylic acids is 2. The van der Waals surface area contributed by atoms with Crippen LogP contribution in [0.3, 0.4) is 0 Å². The van der Waals surface area contributed by atoms with Gasteiger partial charge in [-0.3, -0.25) is 9.59 Å². The van der Waals surface area contributed by atoms with Crippen molar-refractivity contribution in [1.82, 2.24) is 10.2 Å². The molecule has 0 radical (unpaired) electrons. The molecule has 0 fully saturated rings. The third kappa shape index (κ3) is 6.04. The second kappa shape index (κ2) is 10.8. The second-order valence-corrected chi connectivity index (χ2v) is 6.54. The van der Waals surface area contributed by atoms with E-state index in [2.05, 4.69) is 5.32 Å². The van der Waals surface area contributed by atoms with Crippen LogP contribution in [0.25, 0.3) is 0 Å². The fourth-order valence-electron chi connectivity index (χ4n) is 2.64. The average molecular weight is 393 g/mol. The smallest absolute Gasteiger partial charge is 0.251 e. The van der Waals surface area contributed by atoms with E-state index in [1.807, 2.05) is 36.4 Å². The van der Waals surface area contributed by atoms with E-state index in [1.165, 1.54) is 0 Å². The Labute approximate surface area is 164 Å². The molecular weight excluding hydrogens is 371 g/mol. The molecule has 0 saturated heterocycles. The molecule has 0 aromatic heterocycles. The number of carbonyl (C=O) groups is 2. The fourth-order valence-corrected chi connectivity index (χ4v) is 3.05. The zero-order valence-corrected chi connectivity index (χ0v) is 15.9. The van der Waals surface area contributed by atoms with Crippen LogP contribution in [0.2, 0.25) is 0 Å². The SMILES string of the molecule is O=C(N[C@@H](Cc1ccccc1)C(=O)N(CCCl)CCCl)c1ccccc1. The number of halogens is 2. The second-order valence-electron chi connectivity index (χ2n) is 5.79. The summed E-state index contributed by atoms with van der Waals surface area (Å²) in [5.41, 5.74) is 1.48. The maximum absolute atomic E-state index is 13.0. The lowest BCUT2D eigenvalue weighted by Gasteiger charge is -2.27. The number of hydrogen-bond acceptors (Lipinski definition) is 2. The molecule has 6 heteroatoms. The molecule has 2 rings (SSSR count). The summed E-state index contributed by atoms with van der Waals surface area (Å²) >= 11 is 11.6. The highest BCUT2D eigenvalue weighted by Gasteiger charge is 2.26. The number of alkyl halides is 2. The summed E-state index contributed by atoms with van der Waals surface area (Å²) in [6.45, 7) is 0.777. The lowest BCUT2D eigenvalue weighted by molar-refractivity contribution is -0.132. The Morgan fingerprint density at radius 3 is 1.96 bits per heavy atom. The highest BCUT2D eigenvalue weighted by atomic mass is 35.5. The van der Waals surface area contributed by atoms with Crippen LogP contribution in [-0.2, 0) is 11.2 Å². The van der Waals surface area contributed by atoms with E-state index in [0.29, 0.717) is 36.8 Å². The molecule has 1 N–H and O–H groups in total. The number of amides is 2. The van der Waals surface area contributed by atoms with Crippen molar-refractivity contribution in [3.05, 3.63) is 71.8 Å². The largest absolute Gasteiger partial charge is 0.340 e. The van der Waals surface area contributed by atoms with Gasteiger partial charge in [-0.15, -0.1) is 23.2 Å². The third-order valence-corrected chi connectivity index (χ3v) is 4.28. The Hall–Kier alpha value is -2.04. The zero-order valence-electron chi connectivity index (χ0n) is 14.4. The van der Waals surface area contributed by atoms with Gasteiger partial charge in [-0.2, -0.15) is 0 Å². The van der Waals surface area contributed by atoms with Gasteiger partial charge in [0, 0.05) is 36.8 Å². The van der Waals surface area contributed by atoms with Crippen LogP contribution in [-0.4, -0.2) is 47.6 Å². The van der Waals surface area contributed by atoms with Crippen LogP contribution in [0.5, 0.6) is 0 Å². The molecule has 0 aliphatic carbocycles. The van der Waals surface area contributed by atoms with E-state index < -0.39 is 6.04 Å². The van der Waals surface area contributed by atoms with Gasteiger partial charge in [-0.1, -0.05) is 48.5 Å². The van der Waals surface area contributed by atoms with E-state index in [4.69, 9.17) is 23.2 Å². The van der Waals surface area contributed by atoms with Crippen LogP contribution < -0.4 is 5.32 Å².